The number of nitrogens with zero attached hydrogens (tertiary/aromatic N) is 1. The Balaban J connectivity index is 1.70. The van der Waals surface area contributed by atoms with Crippen LogP contribution in [0.4, 0.5) is 0 Å². The maximum absolute atomic E-state index is 10.8. The molecule has 3 aliphatic carbocycles. The van der Waals surface area contributed by atoms with Crippen molar-refractivity contribution in [1.29, 1.82) is 5.26 Å². The summed E-state index contributed by atoms with van der Waals surface area (Å²) in [5.41, 5.74) is 1.56. The van der Waals surface area contributed by atoms with E-state index in [1.165, 1.54) is 17.5 Å². The Labute approximate surface area is 138 Å². The highest BCUT2D eigenvalue weighted by molar-refractivity contribution is 5.41. The van der Waals surface area contributed by atoms with E-state index in [0.29, 0.717) is 24.2 Å². The van der Waals surface area contributed by atoms with Gasteiger partial charge in [0, 0.05) is 5.41 Å². The Morgan fingerprint density at radius 1 is 1.26 bits per heavy atom. The first-order valence-electron chi connectivity index (χ1n) is 8.83. The fourth-order valence-corrected chi connectivity index (χ4v) is 5.89. The highest BCUT2D eigenvalue weighted by Crippen LogP contribution is 2.64. The lowest BCUT2D eigenvalue weighted by atomic mass is 9.53. The Kier molecular flexibility index (Phi) is 3.25. The van der Waals surface area contributed by atoms with Crippen LogP contribution in [0.1, 0.15) is 56.1 Å². The molecule has 0 saturated heterocycles. The normalized spacial score (nSPS) is 41.4. The number of aryl methyl sites for hydroxylation is 1. The molecule has 0 spiro atoms. The summed E-state index contributed by atoms with van der Waals surface area (Å²) in [6.45, 7) is 2.16. The van der Waals surface area contributed by atoms with E-state index in [1.807, 2.05) is 0 Å². The molecule has 5 atom stereocenters. The van der Waals surface area contributed by atoms with Crippen LogP contribution in [0.2, 0.25) is 0 Å². The smallest absolute Gasteiger partial charge is 0.156 e. The van der Waals surface area contributed by atoms with E-state index >= 15 is 0 Å². The van der Waals surface area contributed by atoms with Gasteiger partial charge in [0.05, 0.1) is 13.2 Å². The van der Waals surface area contributed by atoms with Gasteiger partial charge in [-0.2, -0.15) is 5.26 Å². The predicted octanol–water partition coefficient (Wildman–Crippen LogP) is 3.81. The SMILES string of the molecule is COc1ccc2c(c1)CC[C@H]1[C@@H]2CC[C@@]2(C)[C@H]1CC[C@]2(O)C#N. The monoisotopic (exact) mass is 311 g/mol. The molecule has 1 aromatic rings. The van der Waals surface area contributed by atoms with E-state index in [2.05, 4.69) is 31.2 Å². The van der Waals surface area contributed by atoms with Crippen molar-refractivity contribution in [3.63, 3.8) is 0 Å². The average molecular weight is 311 g/mol. The molecule has 122 valence electrons. The van der Waals surface area contributed by atoms with E-state index in [1.54, 1.807) is 7.11 Å². The maximum atomic E-state index is 10.8. The summed E-state index contributed by atoms with van der Waals surface area (Å²) >= 11 is 0. The molecule has 0 heterocycles. The van der Waals surface area contributed by atoms with Gasteiger partial charge in [-0.05, 0) is 79.5 Å². The van der Waals surface area contributed by atoms with Crippen LogP contribution < -0.4 is 4.74 Å². The number of ether oxygens (including phenoxy) is 1. The quantitative estimate of drug-likeness (QED) is 0.802. The van der Waals surface area contributed by atoms with Crippen LogP contribution >= 0.6 is 0 Å². The third kappa shape index (κ3) is 1.91. The molecule has 3 nitrogen and oxygen atoms in total. The van der Waals surface area contributed by atoms with Gasteiger partial charge in [0.2, 0.25) is 0 Å². The van der Waals surface area contributed by atoms with Gasteiger partial charge in [0.15, 0.2) is 5.60 Å². The molecule has 2 fully saturated rings. The van der Waals surface area contributed by atoms with Crippen molar-refractivity contribution in [3.05, 3.63) is 29.3 Å². The van der Waals surface area contributed by atoms with Crippen molar-refractivity contribution in [2.75, 3.05) is 7.11 Å². The van der Waals surface area contributed by atoms with E-state index in [9.17, 15) is 10.4 Å². The van der Waals surface area contributed by atoms with Crippen LogP contribution in [0.15, 0.2) is 18.2 Å². The summed E-state index contributed by atoms with van der Waals surface area (Å²) < 4.78 is 5.37. The molecular weight excluding hydrogens is 286 g/mol. The maximum Gasteiger partial charge on any atom is 0.156 e. The molecule has 0 aromatic heterocycles. The number of nitriles is 1. The molecule has 0 aliphatic heterocycles. The Bertz CT molecular complexity index is 679. The third-order valence-corrected chi connectivity index (χ3v) is 7.27. The number of methoxy groups -OCH3 is 1. The van der Waals surface area contributed by atoms with Crippen molar-refractivity contribution >= 4 is 0 Å². The van der Waals surface area contributed by atoms with Crippen LogP contribution in [-0.2, 0) is 6.42 Å². The molecule has 23 heavy (non-hydrogen) atoms. The van der Waals surface area contributed by atoms with Gasteiger partial charge in [0.25, 0.3) is 0 Å². The molecule has 0 unspecified atom stereocenters. The van der Waals surface area contributed by atoms with E-state index in [0.717, 1.165) is 31.4 Å². The molecule has 0 bridgehead atoms. The fraction of sp³-hybridized carbons (Fsp3) is 0.650. The number of benzene rings is 1. The minimum atomic E-state index is -1.12. The van der Waals surface area contributed by atoms with Crippen molar-refractivity contribution in [2.45, 2.75) is 57.0 Å². The largest absolute Gasteiger partial charge is 0.497 e. The van der Waals surface area contributed by atoms with Crippen LogP contribution in [-0.4, -0.2) is 17.8 Å². The lowest BCUT2D eigenvalue weighted by Crippen LogP contribution is -2.50. The first kappa shape index (κ1) is 15.0. The summed E-state index contributed by atoms with van der Waals surface area (Å²) in [4.78, 5) is 0. The number of fused-ring (bicyclic) bond motifs is 5. The topological polar surface area (TPSA) is 53.2 Å². The molecule has 0 amide bonds. The number of rotatable bonds is 1. The Morgan fingerprint density at radius 3 is 2.83 bits per heavy atom. The Hall–Kier alpha value is -1.53. The number of hydrogen-bond donors (Lipinski definition) is 1. The summed E-state index contributed by atoms with van der Waals surface area (Å²) in [5, 5.41) is 20.4. The van der Waals surface area contributed by atoms with Gasteiger partial charge in [-0.1, -0.05) is 13.0 Å². The predicted molar refractivity (Wildman–Crippen MR) is 88.2 cm³/mol. The van der Waals surface area contributed by atoms with E-state index in [4.69, 9.17) is 4.74 Å². The lowest BCUT2D eigenvalue weighted by molar-refractivity contribution is -0.0660. The molecule has 2 saturated carbocycles. The van der Waals surface area contributed by atoms with Crippen molar-refractivity contribution < 1.29 is 9.84 Å². The molecule has 4 rings (SSSR count). The van der Waals surface area contributed by atoms with Crippen molar-refractivity contribution in [1.82, 2.24) is 0 Å². The fourth-order valence-electron chi connectivity index (χ4n) is 5.89. The standard InChI is InChI=1S/C20H25NO2/c1-19-9-7-16-15-6-4-14(23-2)11-13(15)3-5-17(16)18(19)8-10-20(19,22)12-21/h4,6,11,16-18,22H,3,5,7-10H2,1-2H3/t16-,17+,18+,19+,20+/m1/s1. The zero-order valence-electron chi connectivity index (χ0n) is 14.0. The second kappa shape index (κ2) is 4.98. The second-order valence-corrected chi connectivity index (χ2v) is 7.95. The van der Waals surface area contributed by atoms with Gasteiger partial charge < -0.3 is 9.84 Å². The minimum absolute atomic E-state index is 0.229. The zero-order chi connectivity index (χ0) is 16.2. The number of aliphatic hydroxyl groups is 1. The summed E-state index contributed by atoms with van der Waals surface area (Å²) in [6, 6.07) is 8.77. The minimum Gasteiger partial charge on any atom is -0.497 e. The third-order valence-electron chi connectivity index (χ3n) is 7.27. The van der Waals surface area contributed by atoms with Crippen LogP contribution in [0, 0.1) is 28.6 Å². The number of hydrogen-bond acceptors (Lipinski definition) is 3. The lowest BCUT2D eigenvalue weighted by Gasteiger charge is -2.51. The molecule has 3 heteroatoms. The van der Waals surface area contributed by atoms with Gasteiger partial charge in [-0.25, -0.2) is 0 Å². The van der Waals surface area contributed by atoms with E-state index < -0.39 is 5.60 Å². The summed E-state index contributed by atoms with van der Waals surface area (Å²) in [7, 11) is 1.72. The van der Waals surface area contributed by atoms with Crippen LogP contribution in [0.3, 0.4) is 0 Å². The van der Waals surface area contributed by atoms with Gasteiger partial charge >= 0.3 is 0 Å². The van der Waals surface area contributed by atoms with Crippen molar-refractivity contribution in [2.24, 2.45) is 17.3 Å². The van der Waals surface area contributed by atoms with Gasteiger partial charge in [0.1, 0.15) is 5.75 Å². The molecule has 3 aliphatic rings. The molecular formula is C20H25NO2. The first-order valence-corrected chi connectivity index (χ1v) is 8.83. The molecule has 1 aromatic carbocycles. The van der Waals surface area contributed by atoms with Crippen LogP contribution in [0.5, 0.6) is 5.75 Å². The Morgan fingerprint density at radius 2 is 2.09 bits per heavy atom. The van der Waals surface area contributed by atoms with Gasteiger partial charge in [-0.15, -0.1) is 0 Å². The summed E-state index contributed by atoms with van der Waals surface area (Å²) in [5.74, 6) is 2.62. The van der Waals surface area contributed by atoms with E-state index in [-0.39, 0.29) is 5.41 Å². The first-order chi connectivity index (χ1) is 11.0. The average Bonchev–Trinajstić information content (AvgIpc) is 2.86. The van der Waals surface area contributed by atoms with Gasteiger partial charge in [-0.3, -0.25) is 0 Å². The van der Waals surface area contributed by atoms with Crippen LogP contribution in [0.25, 0.3) is 0 Å². The second-order valence-electron chi connectivity index (χ2n) is 7.95. The zero-order valence-corrected chi connectivity index (χ0v) is 14.0. The summed E-state index contributed by atoms with van der Waals surface area (Å²) in [6.07, 6.45) is 5.93. The molecule has 0 radical (unpaired) electrons. The highest BCUT2D eigenvalue weighted by Gasteiger charge is 2.62. The highest BCUT2D eigenvalue weighted by atomic mass is 16.5. The van der Waals surface area contributed by atoms with Crippen molar-refractivity contribution in [3.8, 4) is 11.8 Å². The molecule has 1 N–H and O–H groups in total.